The number of carbonyl (C=O) groups is 2. The second kappa shape index (κ2) is 6.45. The van der Waals surface area contributed by atoms with E-state index in [4.69, 9.17) is 5.73 Å². The van der Waals surface area contributed by atoms with Crippen LogP contribution in [0.1, 0.15) is 20.3 Å². The van der Waals surface area contributed by atoms with Crippen molar-refractivity contribution in [2.75, 3.05) is 7.05 Å². The number of hydrogen-bond acceptors (Lipinski definition) is 4. The lowest BCUT2D eigenvalue weighted by Crippen LogP contribution is -2.32. The summed E-state index contributed by atoms with van der Waals surface area (Å²) in [6, 6.07) is -0.745. The summed E-state index contributed by atoms with van der Waals surface area (Å²) >= 11 is 0. The van der Waals surface area contributed by atoms with E-state index < -0.39 is 6.04 Å². The van der Waals surface area contributed by atoms with E-state index in [0.29, 0.717) is 6.42 Å². The second-order valence-corrected chi connectivity index (χ2v) is 3.25. The molecule has 0 spiro atoms. The average Bonchev–Trinajstić information content (AvgIpc) is 2.11. The average molecular weight is 198 g/mol. The monoisotopic (exact) mass is 198 g/mol. The summed E-state index contributed by atoms with van der Waals surface area (Å²) in [4.78, 5) is 21.8. The fraction of sp³-hybridized carbons (Fsp3) is 0.600. The van der Waals surface area contributed by atoms with Crippen LogP contribution < -0.4 is 11.1 Å². The van der Waals surface area contributed by atoms with Gasteiger partial charge in [-0.25, -0.2) is 0 Å². The van der Waals surface area contributed by atoms with E-state index in [0.717, 1.165) is 0 Å². The summed E-state index contributed by atoms with van der Waals surface area (Å²) in [5.74, 6) is -0.00127. The minimum atomic E-state index is -0.556. The van der Waals surface area contributed by atoms with E-state index in [2.05, 4.69) is 5.32 Å². The molecule has 3 N–H and O–H groups in total. The number of nitrogens with one attached hydrogen (secondary N) is 1. The number of carbonyl (C=O) groups excluding carboxylic acids is 2. The van der Waals surface area contributed by atoms with Crippen LogP contribution in [0.2, 0.25) is 0 Å². The van der Waals surface area contributed by atoms with Gasteiger partial charge in [-0.05, 0) is 27.3 Å². The minimum Gasteiger partial charge on any atom is -0.318 e. The quantitative estimate of drug-likeness (QED) is 0.590. The molecule has 0 saturated heterocycles. The molecule has 4 nitrogen and oxygen atoms in total. The van der Waals surface area contributed by atoms with Gasteiger partial charge in [0.15, 0.2) is 0 Å². The number of likely N-dealkylation sites (N-methyl/N-ethyl adjacent to an activating group) is 1. The van der Waals surface area contributed by atoms with E-state index in [1.165, 1.54) is 13.8 Å². The highest BCUT2D eigenvalue weighted by atomic mass is 16.1. The van der Waals surface area contributed by atoms with Crippen LogP contribution in [-0.2, 0) is 9.59 Å². The normalized spacial score (nSPS) is 15.4. The van der Waals surface area contributed by atoms with Gasteiger partial charge in [0, 0.05) is 0 Å². The number of hydrogen-bond donors (Lipinski definition) is 2. The van der Waals surface area contributed by atoms with Gasteiger partial charge >= 0.3 is 0 Å². The summed E-state index contributed by atoms with van der Waals surface area (Å²) in [6.45, 7) is 2.97. The maximum Gasteiger partial charge on any atom is 0.150 e. The first-order chi connectivity index (χ1) is 6.49. The first-order valence-electron chi connectivity index (χ1n) is 4.59. The molecule has 0 aromatic rings. The Hall–Kier alpha value is -1.00. The fourth-order valence-electron chi connectivity index (χ4n) is 0.984. The number of nitrogens with two attached hydrogens (primary N) is 1. The summed E-state index contributed by atoms with van der Waals surface area (Å²) in [5, 5.41) is 2.88. The molecule has 0 aliphatic carbocycles. The third-order valence-electron chi connectivity index (χ3n) is 2.02. The Morgan fingerprint density at radius 3 is 2.29 bits per heavy atom. The van der Waals surface area contributed by atoms with E-state index >= 15 is 0 Å². The van der Waals surface area contributed by atoms with E-state index in [9.17, 15) is 9.59 Å². The van der Waals surface area contributed by atoms with Gasteiger partial charge in [-0.15, -0.1) is 0 Å². The Labute approximate surface area is 84.5 Å². The Morgan fingerprint density at radius 2 is 1.93 bits per heavy atom. The van der Waals surface area contributed by atoms with E-state index in [1.54, 1.807) is 19.2 Å². The maximum atomic E-state index is 11.0. The molecule has 0 aliphatic heterocycles. The Balaban J connectivity index is 4.02. The molecule has 0 amide bonds. The molecule has 80 valence electrons. The Kier molecular flexibility index (Phi) is 5.99. The third-order valence-corrected chi connectivity index (χ3v) is 2.02. The lowest BCUT2D eigenvalue weighted by Gasteiger charge is -2.09. The highest BCUT2D eigenvalue weighted by molar-refractivity contribution is 5.83. The highest BCUT2D eigenvalue weighted by Crippen LogP contribution is 1.96. The molecule has 0 bridgehead atoms. The van der Waals surface area contributed by atoms with Crippen molar-refractivity contribution in [3.63, 3.8) is 0 Å². The number of Topliss-reactive ketones (excluding diaryl/α,β-unsaturated/α-hetero) is 2. The molecule has 0 unspecified atom stereocenters. The summed E-state index contributed by atoms with van der Waals surface area (Å²) < 4.78 is 0. The smallest absolute Gasteiger partial charge is 0.150 e. The molecule has 0 aromatic heterocycles. The lowest BCUT2D eigenvalue weighted by molar-refractivity contribution is -0.119. The molecule has 0 rings (SSSR count). The van der Waals surface area contributed by atoms with Crippen molar-refractivity contribution in [2.45, 2.75) is 32.4 Å². The summed E-state index contributed by atoms with van der Waals surface area (Å²) in [5.41, 5.74) is 5.48. The molecular weight excluding hydrogens is 180 g/mol. The standard InChI is InChI=1S/C10H18N2O2/c1-7(13)9(11)5-4-6-10(12-3)8(2)14/h4-5,9-10,12H,6,11H2,1-3H3/b5-4+/t9-,10+/m1/s1. The SMILES string of the molecule is CN[C@@H](C/C=C/[C@@H](N)C(C)=O)C(C)=O. The Bertz CT molecular complexity index is 236. The van der Waals surface area contributed by atoms with E-state index in [-0.39, 0.29) is 17.6 Å². The van der Waals surface area contributed by atoms with E-state index in [1.807, 2.05) is 0 Å². The molecule has 4 heteroatoms. The van der Waals surface area contributed by atoms with Crippen molar-refractivity contribution in [1.29, 1.82) is 0 Å². The van der Waals surface area contributed by atoms with Crippen molar-refractivity contribution in [3.05, 3.63) is 12.2 Å². The van der Waals surface area contributed by atoms with Gasteiger partial charge < -0.3 is 11.1 Å². The first-order valence-corrected chi connectivity index (χ1v) is 4.59. The molecule has 0 aliphatic rings. The lowest BCUT2D eigenvalue weighted by atomic mass is 10.1. The van der Waals surface area contributed by atoms with Crippen molar-refractivity contribution in [3.8, 4) is 0 Å². The van der Waals surface area contributed by atoms with Gasteiger partial charge in [0.2, 0.25) is 0 Å². The van der Waals surface area contributed by atoms with Crippen LogP contribution in [0.3, 0.4) is 0 Å². The minimum absolute atomic E-state index is 0.0774. The maximum absolute atomic E-state index is 11.0. The predicted molar refractivity (Wildman–Crippen MR) is 55.9 cm³/mol. The van der Waals surface area contributed by atoms with Crippen molar-refractivity contribution in [1.82, 2.24) is 5.32 Å². The third kappa shape index (κ3) is 4.89. The van der Waals surface area contributed by atoms with Crippen LogP contribution in [0.15, 0.2) is 12.2 Å². The molecule has 0 fully saturated rings. The zero-order chi connectivity index (χ0) is 11.1. The van der Waals surface area contributed by atoms with Gasteiger partial charge in [-0.1, -0.05) is 12.2 Å². The molecule has 0 saturated carbocycles. The zero-order valence-electron chi connectivity index (χ0n) is 8.91. The van der Waals surface area contributed by atoms with Gasteiger partial charge in [-0.2, -0.15) is 0 Å². The second-order valence-electron chi connectivity index (χ2n) is 3.25. The van der Waals surface area contributed by atoms with Crippen LogP contribution in [0.5, 0.6) is 0 Å². The highest BCUT2D eigenvalue weighted by Gasteiger charge is 2.09. The summed E-state index contributed by atoms with van der Waals surface area (Å²) in [6.07, 6.45) is 3.94. The fourth-order valence-corrected chi connectivity index (χ4v) is 0.984. The van der Waals surface area contributed by atoms with Crippen LogP contribution in [-0.4, -0.2) is 30.7 Å². The molecule has 0 aromatic carbocycles. The topological polar surface area (TPSA) is 72.2 Å². The number of ketones is 2. The first kappa shape index (κ1) is 13.0. The molecule has 14 heavy (non-hydrogen) atoms. The molecule has 0 radical (unpaired) electrons. The van der Waals surface area contributed by atoms with Gasteiger partial charge in [0.25, 0.3) is 0 Å². The van der Waals surface area contributed by atoms with Crippen molar-refractivity contribution < 1.29 is 9.59 Å². The Morgan fingerprint density at radius 1 is 1.36 bits per heavy atom. The van der Waals surface area contributed by atoms with Crippen LogP contribution in [0, 0.1) is 0 Å². The van der Waals surface area contributed by atoms with Gasteiger partial charge in [-0.3, -0.25) is 9.59 Å². The van der Waals surface area contributed by atoms with Crippen molar-refractivity contribution >= 4 is 11.6 Å². The van der Waals surface area contributed by atoms with Crippen LogP contribution in [0.25, 0.3) is 0 Å². The molecule has 0 heterocycles. The predicted octanol–water partition coefficient (Wildman–Crippen LogP) is 0.0260. The summed E-state index contributed by atoms with van der Waals surface area (Å²) in [7, 11) is 1.73. The van der Waals surface area contributed by atoms with Gasteiger partial charge in [0.05, 0.1) is 12.1 Å². The van der Waals surface area contributed by atoms with Crippen LogP contribution >= 0.6 is 0 Å². The zero-order valence-corrected chi connectivity index (χ0v) is 8.91. The largest absolute Gasteiger partial charge is 0.318 e. The molecule has 2 atom stereocenters. The van der Waals surface area contributed by atoms with Gasteiger partial charge in [0.1, 0.15) is 11.6 Å². The number of rotatable bonds is 6. The molecular formula is C10H18N2O2. The van der Waals surface area contributed by atoms with Crippen LogP contribution in [0.4, 0.5) is 0 Å². The van der Waals surface area contributed by atoms with Crippen molar-refractivity contribution in [2.24, 2.45) is 5.73 Å².